The molecule has 2 aliphatic heterocycles. The van der Waals surface area contributed by atoms with Crippen LogP contribution in [0.4, 0.5) is 0 Å². The van der Waals surface area contributed by atoms with Crippen LogP contribution in [0.1, 0.15) is 45.4 Å². The molecule has 2 heterocycles. The molecule has 0 N–H and O–H groups in total. The molecule has 1 saturated carbocycles. The van der Waals surface area contributed by atoms with E-state index in [-0.39, 0.29) is 5.60 Å². The SMILES string of the molecule is C[C@@H]1CCCN(S(=O)(=O)N2CCOC3(CCCC3)C2)C1. The summed E-state index contributed by atoms with van der Waals surface area (Å²) in [6, 6.07) is 0. The fourth-order valence-electron chi connectivity index (χ4n) is 3.85. The van der Waals surface area contributed by atoms with Crippen molar-refractivity contribution in [3.05, 3.63) is 0 Å². The van der Waals surface area contributed by atoms with Crippen LogP contribution in [-0.4, -0.2) is 55.4 Å². The van der Waals surface area contributed by atoms with E-state index in [1.165, 1.54) is 0 Å². The number of nitrogens with zero attached hydrogens (tertiary/aromatic N) is 2. The van der Waals surface area contributed by atoms with Crippen molar-refractivity contribution in [2.75, 3.05) is 32.8 Å². The van der Waals surface area contributed by atoms with Gasteiger partial charge in [-0.15, -0.1) is 0 Å². The largest absolute Gasteiger partial charge is 0.372 e. The molecule has 3 rings (SSSR count). The van der Waals surface area contributed by atoms with Gasteiger partial charge in [-0.1, -0.05) is 19.8 Å². The summed E-state index contributed by atoms with van der Waals surface area (Å²) in [6.07, 6.45) is 6.46. The van der Waals surface area contributed by atoms with Gasteiger partial charge in [0.05, 0.1) is 12.2 Å². The molecule has 6 heteroatoms. The molecule has 1 spiro atoms. The molecule has 0 aromatic carbocycles. The van der Waals surface area contributed by atoms with Gasteiger partial charge in [-0.25, -0.2) is 0 Å². The van der Waals surface area contributed by atoms with Crippen molar-refractivity contribution in [1.29, 1.82) is 0 Å². The number of hydrogen-bond acceptors (Lipinski definition) is 3. The maximum Gasteiger partial charge on any atom is 0.282 e. The third-order valence-electron chi connectivity index (χ3n) is 5.00. The average molecular weight is 302 g/mol. The first-order chi connectivity index (χ1) is 9.52. The van der Waals surface area contributed by atoms with Crippen LogP contribution < -0.4 is 0 Å². The van der Waals surface area contributed by atoms with E-state index in [0.29, 0.717) is 38.7 Å². The Balaban J connectivity index is 1.73. The predicted molar refractivity (Wildman–Crippen MR) is 77.6 cm³/mol. The lowest BCUT2D eigenvalue weighted by Crippen LogP contribution is -2.56. The minimum atomic E-state index is -3.29. The molecule has 3 aliphatic rings. The maximum absolute atomic E-state index is 12.8. The first-order valence-electron chi connectivity index (χ1n) is 7.91. The van der Waals surface area contributed by atoms with Gasteiger partial charge >= 0.3 is 0 Å². The molecule has 0 aromatic heterocycles. The van der Waals surface area contributed by atoms with E-state index in [0.717, 1.165) is 38.5 Å². The molecule has 0 unspecified atom stereocenters. The molecule has 0 amide bonds. The number of hydrogen-bond donors (Lipinski definition) is 0. The molecular formula is C14H26N2O3S. The fourth-order valence-corrected chi connectivity index (χ4v) is 5.68. The predicted octanol–water partition coefficient (Wildman–Crippen LogP) is 1.61. The van der Waals surface area contributed by atoms with Crippen LogP contribution in [-0.2, 0) is 14.9 Å². The standard InChI is InChI=1S/C14H26N2O3S/c1-13-5-4-8-15(11-13)20(17,18)16-9-10-19-14(12-16)6-2-3-7-14/h13H,2-12H2,1H3/t13-/m1/s1. The van der Waals surface area contributed by atoms with Crippen molar-refractivity contribution in [3.63, 3.8) is 0 Å². The van der Waals surface area contributed by atoms with Crippen LogP contribution >= 0.6 is 0 Å². The van der Waals surface area contributed by atoms with Crippen LogP contribution in [0.5, 0.6) is 0 Å². The Labute approximate surface area is 122 Å². The fraction of sp³-hybridized carbons (Fsp3) is 1.00. The highest BCUT2D eigenvalue weighted by Gasteiger charge is 2.44. The number of morpholine rings is 1. The van der Waals surface area contributed by atoms with Crippen molar-refractivity contribution in [1.82, 2.24) is 8.61 Å². The molecular weight excluding hydrogens is 276 g/mol. The summed E-state index contributed by atoms with van der Waals surface area (Å²) in [7, 11) is -3.29. The number of rotatable bonds is 2. The number of piperidine rings is 1. The summed E-state index contributed by atoms with van der Waals surface area (Å²) >= 11 is 0. The first kappa shape index (κ1) is 14.8. The van der Waals surface area contributed by atoms with Gasteiger partial charge in [-0.2, -0.15) is 17.0 Å². The minimum Gasteiger partial charge on any atom is -0.372 e. The Morgan fingerprint density at radius 3 is 2.55 bits per heavy atom. The Hall–Kier alpha value is -0.170. The summed E-state index contributed by atoms with van der Waals surface area (Å²) in [5, 5.41) is 0. The molecule has 2 saturated heterocycles. The van der Waals surface area contributed by atoms with Crippen molar-refractivity contribution in [2.45, 2.75) is 51.0 Å². The second-order valence-corrected chi connectivity index (χ2v) is 8.61. The summed E-state index contributed by atoms with van der Waals surface area (Å²) in [4.78, 5) is 0. The Morgan fingerprint density at radius 2 is 1.85 bits per heavy atom. The summed E-state index contributed by atoms with van der Waals surface area (Å²) in [6.45, 7) is 5.10. The van der Waals surface area contributed by atoms with Crippen LogP contribution in [0.25, 0.3) is 0 Å². The van der Waals surface area contributed by atoms with Gasteiger partial charge in [0.25, 0.3) is 10.2 Å². The van der Waals surface area contributed by atoms with E-state index < -0.39 is 10.2 Å². The third-order valence-corrected chi connectivity index (χ3v) is 6.95. The highest BCUT2D eigenvalue weighted by Crippen LogP contribution is 2.37. The second kappa shape index (κ2) is 5.55. The second-order valence-electron chi connectivity index (χ2n) is 6.69. The van der Waals surface area contributed by atoms with Crippen molar-refractivity contribution >= 4 is 10.2 Å². The highest BCUT2D eigenvalue weighted by atomic mass is 32.2. The van der Waals surface area contributed by atoms with E-state index in [1.807, 2.05) is 0 Å². The quantitative estimate of drug-likeness (QED) is 0.778. The number of ether oxygens (including phenoxy) is 1. The maximum atomic E-state index is 12.8. The third kappa shape index (κ3) is 2.75. The Bertz CT molecular complexity index is 445. The van der Waals surface area contributed by atoms with E-state index in [9.17, 15) is 8.42 Å². The van der Waals surface area contributed by atoms with Crippen molar-refractivity contribution in [3.8, 4) is 0 Å². The van der Waals surface area contributed by atoms with Crippen molar-refractivity contribution < 1.29 is 13.2 Å². The first-order valence-corrected chi connectivity index (χ1v) is 9.31. The Kier molecular flexibility index (Phi) is 4.10. The van der Waals surface area contributed by atoms with Gasteiger partial charge in [0.15, 0.2) is 0 Å². The molecule has 116 valence electrons. The Morgan fingerprint density at radius 1 is 1.10 bits per heavy atom. The summed E-state index contributed by atoms with van der Waals surface area (Å²) in [5.41, 5.74) is -0.188. The van der Waals surface area contributed by atoms with Gasteiger partial charge in [0.2, 0.25) is 0 Å². The van der Waals surface area contributed by atoms with E-state index in [4.69, 9.17) is 4.74 Å². The van der Waals surface area contributed by atoms with E-state index in [1.54, 1.807) is 8.61 Å². The van der Waals surface area contributed by atoms with Crippen LogP contribution in [0.15, 0.2) is 0 Å². The lowest BCUT2D eigenvalue weighted by Gasteiger charge is -2.42. The van der Waals surface area contributed by atoms with E-state index in [2.05, 4.69) is 6.92 Å². The van der Waals surface area contributed by atoms with Crippen LogP contribution in [0.3, 0.4) is 0 Å². The van der Waals surface area contributed by atoms with Crippen LogP contribution in [0, 0.1) is 5.92 Å². The summed E-state index contributed by atoms with van der Waals surface area (Å²) < 4.78 is 35.0. The monoisotopic (exact) mass is 302 g/mol. The van der Waals surface area contributed by atoms with Gasteiger partial charge in [0.1, 0.15) is 0 Å². The zero-order valence-corrected chi connectivity index (χ0v) is 13.2. The topological polar surface area (TPSA) is 49.9 Å². The van der Waals surface area contributed by atoms with Crippen LogP contribution in [0.2, 0.25) is 0 Å². The smallest absolute Gasteiger partial charge is 0.282 e. The molecule has 0 bridgehead atoms. The normalized spacial score (nSPS) is 32.8. The average Bonchev–Trinajstić information content (AvgIpc) is 2.87. The zero-order valence-electron chi connectivity index (χ0n) is 12.4. The molecule has 3 fully saturated rings. The lowest BCUT2D eigenvalue weighted by atomic mass is 10.0. The van der Waals surface area contributed by atoms with E-state index >= 15 is 0 Å². The highest BCUT2D eigenvalue weighted by molar-refractivity contribution is 7.86. The van der Waals surface area contributed by atoms with Gasteiger partial charge < -0.3 is 4.74 Å². The van der Waals surface area contributed by atoms with Crippen molar-refractivity contribution in [2.24, 2.45) is 5.92 Å². The molecule has 0 aromatic rings. The lowest BCUT2D eigenvalue weighted by molar-refractivity contribution is -0.0854. The molecule has 1 aliphatic carbocycles. The van der Waals surface area contributed by atoms with Gasteiger partial charge in [0, 0.05) is 26.2 Å². The van der Waals surface area contributed by atoms with Gasteiger partial charge in [-0.05, 0) is 31.6 Å². The molecule has 0 radical (unpaired) electrons. The minimum absolute atomic E-state index is 0.188. The molecule has 1 atom stereocenters. The van der Waals surface area contributed by atoms with Gasteiger partial charge in [-0.3, -0.25) is 0 Å². The zero-order chi connectivity index (χ0) is 14.2. The molecule has 5 nitrogen and oxygen atoms in total. The molecule has 20 heavy (non-hydrogen) atoms. The summed E-state index contributed by atoms with van der Waals surface area (Å²) in [5.74, 6) is 0.472.